The van der Waals surface area contributed by atoms with Crippen LogP contribution in [-0.2, 0) is 17.9 Å². The zero-order valence-corrected chi connectivity index (χ0v) is 19.8. The summed E-state index contributed by atoms with van der Waals surface area (Å²) in [6.07, 6.45) is 7.46. The molecule has 0 aliphatic carbocycles. The van der Waals surface area contributed by atoms with Gasteiger partial charge in [0.05, 0.1) is 6.54 Å². The number of pyridine rings is 1. The second-order valence-electron chi connectivity index (χ2n) is 7.19. The van der Waals surface area contributed by atoms with Crippen molar-refractivity contribution >= 4 is 41.7 Å². The molecule has 1 aliphatic heterocycles. The number of carbonyl (C=O) groups excluding carboxylic acids is 1. The minimum atomic E-state index is -0.197. The Bertz CT molecular complexity index is 801. The number of nitrogens with one attached hydrogen (secondary N) is 2. The lowest BCUT2D eigenvalue weighted by Crippen LogP contribution is -2.39. The van der Waals surface area contributed by atoms with Crippen LogP contribution in [0.4, 0.5) is 5.82 Å². The first kappa shape index (κ1) is 24.0. The number of rotatable bonds is 8. The van der Waals surface area contributed by atoms with Crippen LogP contribution < -0.4 is 21.3 Å². The standard InChI is InChI=1S/C21H31N7O.HI/c1-2-23-21(25-10-15-27-11-3-4-12-27)26-16-18-6-5-9-24-20(18)28-13-7-17(8-14-28)19(22)29;/h3-6,9,11-12,17H,2,7-8,10,13-16H2,1H3,(H2,22,29)(H2,23,25,26);1H. The molecule has 3 rings (SSSR count). The van der Waals surface area contributed by atoms with E-state index < -0.39 is 0 Å². The molecule has 164 valence electrons. The molecule has 1 aliphatic rings. The number of halogens is 1. The Morgan fingerprint density at radius 1 is 1.23 bits per heavy atom. The summed E-state index contributed by atoms with van der Waals surface area (Å²) in [6, 6.07) is 8.05. The summed E-state index contributed by atoms with van der Waals surface area (Å²) in [5.74, 6) is 1.52. The molecule has 0 radical (unpaired) electrons. The normalized spacial score (nSPS) is 14.8. The number of hydrogen-bond donors (Lipinski definition) is 3. The predicted octanol–water partition coefficient (Wildman–Crippen LogP) is 1.96. The third-order valence-corrected chi connectivity index (χ3v) is 5.14. The van der Waals surface area contributed by atoms with Gasteiger partial charge in [0.25, 0.3) is 0 Å². The third kappa shape index (κ3) is 6.89. The molecule has 0 atom stereocenters. The van der Waals surface area contributed by atoms with Gasteiger partial charge in [0.15, 0.2) is 5.96 Å². The second-order valence-corrected chi connectivity index (χ2v) is 7.19. The van der Waals surface area contributed by atoms with E-state index in [4.69, 9.17) is 10.7 Å². The molecule has 2 aromatic rings. The molecule has 8 nitrogen and oxygen atoms in total. The SMILES string of the molecule is CCNC(=NCc1cccnc1N1CCC(C(N)=O)CC1)NCCn1cccc1.I. The minimum Gasteiger partial charge on any atom is -0.369 e. The maximum atomic E-state index is 11.4. The molecule has 4 N–H and O–H groups in total. The number of hydrogen-bond acceptors (Lipinski definition) is 4. The van der Waals surface area contributed by atoms with Crippen LogP contribution in [0.2, 0.25) is 0 Å². The van der Waals surface area contributed by atoms with E-state index in [9.17, 15) is 4.79 Å². The van der Waals surface area contributed by atoms with Gasteiger partial charge in [0.2, 0.25) is 5.91 Å². The fourth-order valence-corrected chi connectivity index (χ4v) is 3.54. The molecule has 0 spiro atoms. The van der Waals surface area contributed by atoms with Crippen LogP contribution in [0, 0.1) is 5.92 Å². The highest BCUT2D eigenvalue weighted by Gasteiger charge is 2.24. The number of nitrogens with two attached hydrogens (primary N) is 1. The van der Waals surface area contributed by atoms with Gasteiger partial charge in [-0.25, -0.2) is 9.98 Å². The maximum absolute atomic E-state index is 11.4. The van der Waals surface area contributed by atoms with E-state index >= 15 is 0 Å². The van der Waals surface area contributed by atoms with Gasteiger partial charge in [-0.1, -0.05) is 6.07 Å². The first-order valence-electron chi connectivity index (χ1n) is 10.3. The van der Waals surface area contributed by atoms with Crippen LogP contribution in [0.3, 0.4) is 0 Å². The van der Waals surface area contributed by atoms with E-state index in [-0.39, 0.29) is 35.8 Å². The van der Waals surface area contributed by atoms with Crippen molar-refractivity contribution < 1.29 is 4.79 Å². The maximum Gasteiger partial charge on any atom is 0.220 e. The highest BCUT2D eigenvalue weighted by Crippen LogP contribution is 2.24. The van der Waals surface area contributed by atoms with E-state index in [1.54, 1.807) is 0 Å². The quantitative estimate of drug-likeness (QED) is 0.278. The van der Waals surface area contributed by atoms with Crippen molar-refractivity contribution in [3.63, 3.8) is 0 Å². The number of aliphatic imine (C=N–C) groups is 1. The fraction of sp³-hybridized carbons (Fsp3) is 0.476. The Morgan fingerprint density at radius 2 is 1.97 bits per heavy atom. The fourth-order valence-electron chi connectivity index (χ4n) is 3.54. The molecule has 3 heterocycles. The van der Waals surface area contributed by atoms with E-state index in [2.05, 4.69) is 50.5 Å². The Kier molecular flexibility index (Phi) is 9.92. The van der Waals surface area contributed by atoms with Gasteiger partial charge in [0, 0.05) is 62.8 Å². The van der Waals surface area contributed by atoms with Crippen LogP contribution in [-0.4, -0.2) is 47.6 Å². The summed E-state index contributed by atoms with van der Waals surface area (Å²) in [4.78, 5) is 23.0. The molecule has 30 heavy (non-hydrogen) atoms. The molecular weight excluding hydrogens is 493 g/mol. The molecule has 0 bridgehead atoms. The summed E-state index contributed by atoms with van der Waals surface area (Å²) in [5.41, 5.74) is 6.53. The molecule has 0 saturated carbocycles. The number of primary amides is 1. The average molecular weight is 525 g/mol. The van der Waals surface area contributed by atoms with Crippen LogP contribution >= 0.6 is 24.0 Å². The third-order valence-electron chi connectivity index (χ3n) is 5.14. The molecule has 1 amide bonds. The molecule has 1 saturated heterocycles. The van der Waals surface area contributed by atoms with Crippen LogP contribution in [0.25, 0.3) is 0 Å². The number of guanidine groups is 1. The topological polar surface area (TPSA) is 101 Å². The highest BCUT2D eigenvalue weighted by atomic mass is 127. The van der Waals surface area contributed by atoms with Crippen molar-refractivity contribution in [1.82, 2.24) is 20.2 Å². The average Bonchev–Trinajstić information content (AvgIpc) is 3.26. The predicted molar refractivity (Wildman–Crippen MR) is 131 cm³/mol. The van der Waals surface area contributed by atoms with Crippen LogP contribution in [0.1, 0.15) is 25.3 Å². The Labute approximate surface area is 195 Å². The molecule has 0 aromatic carbocycles. The van der Waals surface area contributed by atoms with Crippen molar-refractivity contribution in [2.45, 2.75) is 32.9 Å². The number of piperidine rings is 1. The van der Waals surface area contributed by atoms with Gasteiger partial charge in [-0.15, -0.1) is 24.0 Å². The van der Waals surface area contributed by atoms with Gasteiger partial charge in [0.1, 0.15) is 5.82 Å². The number of aromatic nitrogens is 2. The van der Waals surface area contributed by atoms with E-state index in [1.807, 2.05) is 24.4 Å². The van der Waals surface area contributed by atoms with E-state index in [1.165, 1.54) is 0 Å². The summed E-state index contributed by atoms with van der Waals surface area (Å²) >= 11 is 0. The monoisotopic (exact) mass is 525 g/mol. The summed E-state index contributed by atoms with van der Waals surface area (Å²) in [6.45, 7) is 6.65. The largest absolute Gasteiger partial charge is 0.369 e. The van der Waals surface area contributed by atoms with Crippen LogP contribution in [0.5, 0.6) is 0 Å². The zero-order chi connectivity index (χ0) is 20.5. The van der Waals surface area contributed by atoms with Crippen LogP contribution in [0.15, 0.2) is 47.8 Å². The Morgan fingerprint density at radius 3 is 2.63 bits per heavy atom. The van der Waals surface area contributed by atoms with Crippen molar-refractivity contribution in [2.24, 2.45) is 16.6 Å². The van der Waals surface area contributed by atoms with Gasteiger partial charge in [-0.3, -0.25) is 4.79 Å². The highest BCUT2D eigenvalue weighted by molar-refractivity contribution is 14.0. The summed E-state index contributed by atoms with van der Waals surface area (Å²) in [5, 5.41) is 6.67. The first-order valence-corrected chi connectivity index (χ1v) is 10.3. The van der Waals surface area contributed by atoms with Crippen molar-refractivity contribution in [2.75, 3.05) is 31.1 Å². The summed E-state index contributed by atoms with van der Waals surface area (Å²) in [7, 11) is 0. The first-order chi connectivity index (χ1) is 14.2. The smallest absolute Gasteiger partial charge is 0.220 e. The lowest BCUT2D eigenvalue weighted by Gasteiger charge is -2.32. The number of nitrogens with zero attached hydrogens (tertiary/aromatic N) is 4. The number of carbonyl (C=O) groups is 1. The van der Waals surface area contributed by atoms with E-state index in [0.29, 0.717) is 6.54 Å². The number of anilines is 1. The van der Waals surface area contributed by atoms with Gasteiger partial charge < -0.3 is 25.8 Å². The summed E-state index contributed by atoms with van der Waals surface area (Å²) < 4.78 is 2.13. The molecule has 0 unspecified atom stereocenters. The minimum absolute atomic E-state index is 0. The second kappa shape index (κ2) is 12.4. The van der Waals surface area contributed by atoms with Gasteiger partial charge in [-0.2, -0.15) is 0 Å². The molecule has 1 fully saturated rings. The lowest BCUT2D eigenvalue weighted by atomic mass is 9.96. The van der Waals surface area contributed by atoms with Crippen molar-refractivity contribution in [1.29, 1.82) is 0 Å². The number of amides is 1. The van der Waals surface area contributed by atoms with E-state index in [0.717, 1.165) is 62.9 Å². The molecular formula is C21H32IN7O. The Hall–Kier alpha value is -2.30. The zero-order valence-electron chi connectivity index (χ0n) is 17.5. The lowest BCUT2D eigenvalue weighted by molar-refractivity contribution is -0.122. The van der Waals surface area contributed by atoms with Gasteiger partial charge >= 0.3 is 0 Å². The van der Waals surface area contributed by atoms with Crippen molar-refractivity contribution in [3.8, 4) is 0 Å². The molecule has 9 heteroatoms. The van der Waals surface area contributed by atoms with Crippen molar-refractivity contribution in [3.05, 3.63) is 48.4 Å². The Balaban J connectivity index is 0.00000320. The molecule has 2 aromatic heterocycles. The van der Waals surface area contributed by atoms with Gasteiger partial charge in [-0.05, 0) is 38.0 Å².